The van der Waals surface area contributed by atoms with E-state index in [1.54, 1.807) is 6.08 Å². The van der Waals surface area contributed by atoms with Crippen molar-refractivity contribution in [2.24, 2.45) is 12.2 Å². The smallest absolute Gasteiger partial charge is 0.351 e. The third-order valence-corrected chi connectivity index (χ3v) is 10.3. The molecule has 2 heterocycles. The van der Waals surface area contributed by atoms with Gasteiger partial charge in [0.15, 0.2) is 6.61 Å². The lowest BCUT2D eigenvalue weighted by atomic mass is 10.0. The second-order valence-electron chi connectivity index (χ2n) is 18.0. The summed E-state index contributed by atoms with van der Waals surface area (Å²) in [7, 11) is 1.98. The molecule has 1 atom stereocenters. The number of ether oxygens (including phenoxy) is 3. The van der Waals surface area contributed by atoms with E-state index in [2.05, 4.69) is 22.0 Å². The molecule has 332 valence electrons. The van der Waals surface area contributed by atoms with Crippen LogP contribution in [0.25, 0.3) is 40.0 Å². The molecular formula is C51H66N4O7. The average molecular weight is 847 g/mol. The van der Waals surface area contributed by atoms with Crippen molar-refractivity contribution in [3.63, 3.8) is 0 Å². The Morgan fingerprint density at radius 2 is 1.31 bits per heavy atom. The maximum atomic E-state index is 12.6. The van der Waals surface area contributed by atoms with Crippen molar-refractivity contribution in [1.82, 2.24) is 14.9 Å². The van der Waals surface area contributed by atoms with Gasteiger partial charge < -0.3 is 28.9 Å². The molecule has 0 radical (unpaired) electrons. The summed E-state index contributed by atoms with van der Waals surface area (Å²) in [5, 5.41) is 7.22. The summed E-state index contributed by atoms with van der Waals surface area (Å²) < 4.78 is 18.7. The topological polar surface area (TPSA) is 130 Å². The van der Waals surface area contributed by atoms with Crippen molar-refractivity contribution in [3.8, 4) is 39.7 Å². The molecule has 62 heavy (non-hydrogen) atoms. The number of esters is 2. The first kappa shape index (κ1) is 47.3. The summed E-state index contributed by atoms with van der Waals surface area (Å²) in [5.41, 5.74) is 5.52. The van der Waals surface area contributed by atoms with Crippen LogP contribution in [-0.2, 0) is 35.7 Å². The van der Waals surface area contributed by atoms with Crippen LogP contribution in [0.2, 0.25) is 0 Å². The highest BCUT2D eigenvalue weighted by Gasteiger charge is 2.33. The number of nitrogens with zero attached hydrogens (tertiary/aromatic N) is 3. The number of carbonyl (C=O) groups is 3. The largest absolute Gasteiger partial charge is 0.482 e. The van der Waals surface area contributed by atoms with Crippen LogP contribution in [0.15, 0.2) is 84.0 Å². The Morgan fingerprint density at radius 3 is 1.92 bits per heavy atom. The summed E-state index contributed by atoms with van der Waals surface area (Å²) in [5.74, 6) is 0.306. The highest BCUT2D eigenvalue weighted by molar-refractivity contribution is 6.03. The molecule has 11 nitrogen and oxygen atoms in total. The van der Waals surface area contributed by atoms with Crippen molar-refractivity contribution in [3.05, 3.63) is 90.0 Å². The van der Waals surface area contributed by atoms with E-state index in [9.17, 15) is 14.4 Å². The molecule has 0 saturated heterocycles. The fourth-order valence-corrected chi connectivity index (χ4v) is 7.17. The summed E-state index contributed by atoms with van der Waals surface area (Å²) in [6.07, 6.45) is 15.6. The molecule has 0 saturated carbocycles. The van der Waals surface area contributed by atoms with Gasteiger partial charge in [0.2, 0.25) is 12.0 Å². The number of imidazole rings is 1. The molecule has 1 aliphatic rings. The zero-order valence-corrected chi connectivity index (χ0v) is 38.1. The van der Waals surface area contributed by atoms with Gasteiger partial charge in [0, 0.05) is 42.8 Å². The van der Waals surface area contributed by atoms with Gasteiger partial charge >= 0.3 is 11.9 Å². The van der Waals surface area contributed by atoms with Gasteiger partial charge in [-0.25, -0.2) is 14.6 Å². The predicted molar refractivity (Wildman–Crippen MR) is 247 cm³/mol. The Balaban J connectivity index is 1.28. The van der Waals surface area contributed by atoms with E-state index in [4.69, 9.17) is 24.0 Å². The van der Waals surface area contributed by atoms with Crippen molar-refractivity contribution < 1.29 is 33.4 Å². The number of aromatic nitrogens is 2. The van der Waals surface area contributed by atoms with Gasteiger partial charge in [0.05, 0.1) is 17.1 Å². The van der Waals surface area contributed by atoms with E-state index in [-0.39, 0.29) is 12.5 Å². The summed E-state index contributed by atoms with van der Waals surface area (Å²) in [6, 6.07) is 23.4. The molecule has 0 aliphatic carbocycles. The minimum atomic E-state index is -0.782. The van der Waals surface area contributed by atoms with Gasteiger partial charge in [-0.1, -0.05) is 118 Å². The number of benzene rings is 3. The van der Waals surface area contributed by atoms with Crippen LogP contribution in [0.4, 0.5) is 0 Å². The molecule has 3 aromatic carbocycles. The van der Waals surface area contributed by atoms with Gasteiger partial charge in [0.25, 0.3) is 0 Å². The van der Waals surface area contributed by atoms with Crippen LogP contribution in [0.3, 0.4) is 0 Å². The number of rotatable bonds is 21. The number of unbranched alkanes of at least 4 members (excludes halogenated alkanes) is 9. The van der Waals surface area contributed by atoms with E-state index in [0.29, 0.717) is 24.4 Å². The number of carbonyl (C=O) groups excluding carboxylic acids is 3. The molecule has 0 fully saturated rings. The summed E-state index contributed by atoms with van der Waals surface area (Å²) >= 11 is 0. The van der Waals surface area contributed by atoms with Crippen molar-refractivity contribution in [2.75, 3.05) is 13.2 Å². The van der Waals surface area contributed by atoms with Crippen molar-refractivity contribution in [2.45, 2.75) is 136 Å². The van der Waals surface area contributed by atoms with Crippen LogP contribution in [-0.4, -0.2) is 63.6 Å². The van der Waals surface area contributed by atoms with Crippen LogP contribution >= 0.6 is 0 Å². The molecule has 11 heteroatoms. The number of hydrogen-bond donors (Lipinski definition) is 1. The predicted octanol–water partition coefficient (Wildman–Crippen LogP) is 11.0. The number of hydrogen-bond acceptors (Lipinski definition) is 9. The van der Waals surface area contributed by atoms with Gasteiger partial charge in [-0.15, -0.1) is 0 Å². The Kier molecular flexibility index (Phi) is 17.1. The highest BCUT2D eigenvalue weighted by Crippen LogP contribution is 2.37. The fourth-order valence-electron chi connectivity index (χ4n) is 7.17. The van der Waals surface area contributed by atoms with Gasteiger partial charge in [-0.3, -0.25) is 4.79 Å². The third-order valence-electron chi connectivity index (χ3n) is 10.3. The number of oxime groups is 1. The Hall–Kier alpha value is -5.71. The van der Waals surface area contributed by atoms with Crippen molar-refractivity contribution in [1.29, 1.82) is 0 Å². The SMILES string of the molecule is CCCCCCCCCCCCNC(=O)/C=C/c1ccc(-c2nc(-c3ccc(C4=NOC(C(=O)OC(C)(C)C)C4)cc3)n(C)c2-c2ccc(OCC(=O)OC(C)(C)C)cc2)cc1. The first-order chi connectivity index (χ1) is 29.6. The maximum absolute atomic E-state index is 12.6. The van der Waals surface area contributed by atoms with E-state index in [1.807, 2.05) is 127 Å². The zero-order chi connectivity index (χ0) is 44.7. The van der Waals surface area contributed by atoms with Crippen molar-refractivity contribution >= 4 is 29.6 Å². The number of amides is 1. The van der Waals surface area contributed by atoms with Crippen LogP contribution < -0.4 is 10.1 Å². The second-order valence-corrected chi connectivity index (χ2v) is 18.0. The van der Waals surface area contributed by atoms with E-state index >= 15 is 0 Å². The Bertz CT molecular complexity index is 2140. The number of nitrogens with one attached hydrogen (secondary N) is 1. The zero-order valence-electron chi connectivity index (χ0n) is 38.1. The molecule has 1 amide bonds. The molecule has 1 N–H and O–H groups in total. The molecule has 4 aromatic rings. The Labute approximate surface area is 368 Å². The molecular weight excluding hydrogens is 781 g/mol. The van der Waals surface area contributed by atoms with E-state index < -0.39 is 29.2 Å². The maximum Gasteiger partial charge on any atom is 0.351 e. The lowest BCUT2D eigenvalue weighted by Crippen LogP contribution is -2.32. The first-order valence-corrected chi connectivity index (χ1v) is 22.2. The van der Waals surface area contributed by atoms with Gasteiger partial charge in [-0.2, -0.15) is 0 Å². The lowest BCUT2D eigenvalue weighted by molar-refractivity contribution is -0.167. The summed E-state index contributed by atoms with van der Waals surface area (Å²) in [4.78, 5) is 48.1. The molecule has 0 spiro atoms. The van der Waals surface area contributed by atoms with Crippen LogP contribution in [0.5, 0.6) is 5.75 Å². The third kappa shape index (κ3) is 14.7. The molecule has 0 bridgehead atoms. The normalized spacial score (nSPS) is 14.1. The van der Waals surface area contributed by atoms with E-state index in [0.717, 1.165) is 57.9 Å². The second kappa shape index (κ2) is 22.4. The standard InChI is InChI=1S/C51H66N4O7/c1-9-10-11-12-13-14-15-16-17-18-33-52-44(56)32-21-36-19-22-38(23-20-36)46-47(39-28-30-41(31-29-39)59-35-45(57)60-50(2,3)4)55(8)48(53-46)40-26-24-37(25-27-40)42-34-43(62-54-42)49(58)61-51(5,6)7/h19-32,43H,9-18,33-35H2,1-8H3,(H,52,56)/b32-21+. The van der Waals surface area contributed by atoms with Crippen LogP contribution in [0.1, 0.15) is 130 Å². The average Bonchev–Trinajstić information content (AvgIpc) is 3.86. The minimum Gasteiger partial charge on any atom is -0.482 e. The molecule has 5 rings (SSSR count). The minimum absolute atomic E-state index is 0.0958. The fraction of sp³-hybridized carbons (Fsp3) is 0.471. The van der Waals surface area contributed by atoms with E-state index in [1.165, 1.54) is 51.4 Å². The summed E-state index contributed by atoms with van der Waals surface area (Å²) in [6.45, 7) is 13.7. The Morgan fingerprint density at radius 1 is 0.742 bits per heavy atom. The highest BCUT2D eigenvalue weighted by atomic mass is 16.7. The lowest BCUT2D eigenvalue weighted by Gasteiger charge is -2.20. The first-order valence-electron chi connectivity index (χ1n) is 22.2. The van der Waals surface area contributed by atoms with Gasteiger partial charge in [0.1, 0.15) is 22.8 Å². The monoisotopic (exact) mass is 846 g/mol. The molecule has 1 aliphatic heterocycles. The van der Waals surface area contributed by atoms with Crippen LogP contribution in [0, 0.1) is 0 Å². The molecule has 1 unspecified atom stereocenters. The van der Waals surface area contributed by atoms with Gasteiger partial charge in [-0.05, 0) is 89.4 Å². The molecule has 1 aromatic heterocycles. The quantitative estimate of drug-likeness (QED) is 0.0498.